The van der Waals surface area contributed by atoms with Crippen LogP contribution in [0.4, 0.5) is 0 Å². The lowest BCUT2D eigenvalue weighted by molar-refractivity contribution is -0.130. The predicted octanol–water partition coefficient (Wildman–Crippen LogP) is 1.78. The van der Waals surface area contributed by atoms with Gasteiger partial charge in [-0.05, 0) is 19.0 Å². The molecule has 0 bridgehead atoms. The molecule has 0 spiro atoms. The molecule has 1 rings (SSSR count). The topological polar surface area (TPSA) is 43.8 Å². The van der Waals surface area contributed by atoms with Crippen LogP contribution in [0.2, 0.25) is 0 Å². The van der Waals surface area contributed by atoms with Crippen LogP contribution in [-0.2, 0) is 11.3 Å². The number of carbonyl (C=O) groups is 1. The molecule has 0 atom stereocenters. The highest BCUT2D eigenvalue weighted by Gasteiger charge is 2.13. The number of aliphatic hydroxyl groups is 1. The summed E-state index contributed by atoms with van der Waals surface area (Å²) in [5.41, 5.74) is 0.985. The van der Waals surface area contributed by atoms with E-state index < -0.39 is 0 Å². The van der Waals surface area contributed by atoms with Crippen LogP contribution in [0.15, 0.2) is 11.4 Å². The van der Waals surface area contributed by atoms with Gasteiger partial charge in [0.1, 0.15) is 0 Å². The van der Waals surface area contributed by atoms with E-state index in [4.69, 9.17) is 5.11 Å². The van der Waals surface area contributed by atoms with E-state index in [0.717, 1.165) is 25.1 Å². The highest BCUT2D eigenvalue weighted by molar-refractivity contribution is 7.10. The van der Waals surface area contributed by atoms with Gasteiger partial charge in [-0.25, -0.2) is 0 Å². The monoisotopic (exact) mass is 308 g/mol. The lowest BCUT2D eigenvalue weighted by Gasteiger charge is -2.22. The standard InChI is InChI=1S/C16H24N2O2S/c1-4-8-18(12-16(20)17(2)3)11-15-10-14(13-21-15)7-5-6-9-19/h10,13,19H,4,6,8-9,11-12H2,1-3H3. The zero-order valence-corrected chi connectivity index (χ0v) is 13.9. The van der Waals surface area contributed by atoms with Crippen molar-refractivity contribution in [2.45, 2.75) is 26.3 Å². The highest BCUT2D eigenvalue weighted by Crippen LogP contribution is 2.16. The van der Waals surface area contributed by atoms with E-state index in [0.29, 0.717) is 13.0 Å². The third kappa shape index (κ3) is 6.76. The molecule has 21 heavy (non-hydrogen) atoms. The van der Waals surface area contributed by atoms with Crippen LogP contribution < -0.4 is 0 Å². The van der Waals surface area contributed by atoms with Gasteiger partial charge in [0, 0.05) is 42.9 Å². The number of nitrogens with zero attached hydrogens (tertiary/aromatic N) is 2. The summed E-state index contributed by atoms with van der Waals surface area (Å²) in [5.74, 6) is 6.09. The van der Waals surface area contributed by atoms with Crippen LogP contribution in [0.1, 0.15) is 30.2 Å². The van der Waals surface area contributed by atoms with Crippen LogP contribution in [0.25, 0.3) is 0 Å². The van der Waals surface area contributed by atoms with Crippen molar-refractivity contribution < 1.29 is 9.90 Å². The number of thiophene rings is 1. The summed E-state index contributed by atoms with van der Waals surface area (Å²) in [6.07, 6.45) is 1.53. The fourth-order valence-electron chi connectivity index (χ4n) is 1.83. The summed E-state index contributed by atoms with van der Waals surface area (Å²) < 4.78 is 0. The molecule has 0 aliphatic carbocycles. The Morgan fingerprint density at radius 1 is 1.43 bits per heavy atom. The summed E-state index contributed by atoms with van der Waals surface area (Å²) in [6.45, 7) is 4.35. The van der Waals surface area contributed by atoms with Crippen LogP contribution >= 0.6 is 11.3 Å². The fourth-order valence-corrected chi connectivity index (χ4v) is 2.69. The minimum atomic E-state index is 0.0981. The number of amides is 1. The smallest absolute Gasteiger partial charge is 0.236 e. The molecule has 1 N–H and O–H groups in total. The first-order valence-corrected chi connectivity index (χ1v) is 8.04. The molecule has 1 heterocycles. The maximum Gasteiger partial charge on any atom is 0.236 e. The Morgan fingerprint density at radius 2 is 2.19 bits per heavy atom. The number of likely N-dealkylation sites (N-methyl/N-ethyl adjacent to an activating group) is 1. The number of carbonyl (C=O) groups excluding carboxylic acids is 1. The molecule has 0 unspecified atom stereocenters. The van der Waals surface area contributed by atoms with Crippen molar-refractivity contribution in [1.82, 2.24) is 9.80 Å². The van der Waals surface area contributed by atoms with Gasteiger partial charge in [-0.1, -0.05) is 18.8 Å². The van der Waals surface area contributed by atoms with E-state index >= 15 is 0 Å². The van der Waals surface area contributed by atoms with Crippen molar-refractivity contribution in [1.29, 1.82) is 0 Å². The second-order valence-corrected chi connectivity index (χ2v) is 6.07. The van der Waals surface area contributed by atoms with Gasteiger partial charge in [0.25, 0.3) is 0 Å². The molecule has 1 amide bonds. The minimum absolute atomic E-state index is 0.0981. The van der Waals surface area contributed by atoms with Crippen LogP contribution in [0.3, 0.4) is 0 Å². The summed E-state index contributed by atoms with van der Waals surface area (Å²) in [7, 11) is 3.57. The molecule has 5 heteroatoms. The molecule has 0 saturated heterocycles. The molecule has 0 aliphatic rings. The summed E-state index contributed by atoms with van der Waals surface area (Å²) in [4.78, 5) is 16.8. The van der Waals surface area contributed by atoms with Crippen molar-refractivity contribution in [2.75, 3.05) is 33.8 Å². The molecule has 116 valence electrons. The number of hydrogen-bond acceptors (Lipinski definition) is 4. The average Bonchev–Trinajstić information content (AvgIpc) is 2.86. The molecule has 0 radical (unpaired) electrons. The minimum Gasteiger partial charge on any atom is -0.395 e. The van der Waals surface area contributed by atoms with Crippen molar-refractivity contribution >= 4 is 17.2 Å². The zero-order chi connectivity index (χ0) is 15.7. The SMILES string of the molecule is CCCN(CC(=O)N(C)C)Cc1cc(C#CCCO)cs1. The lowest BCUT2D eigenvalue weighted by Crippen LogP contribution is -2.36. The van der Waals surface area contributed by atoms with Crippen molar-refractivity contribution in [3.05, 3.63) is 21.9 Å². The Morgan fingerprint density at radius 3 is 2.81 bits per heavy atom. The second-order valence-electron chi connectivity index (χ2n) is 5.08. The first-order chi connectivity index (χ1) is 10.1. The largest absolute Gasteiger partial charge is 0.395 e. The lowest BCUT2D eigenvalue weighted by atomic mass is 10.3. The van der Waals surface area contributed by atoms with Crippen molar-refractivity contribution in [3.63, 3.8) is 0 Å². The molecular formula is C16H24N2O2S. The van der Waals surface area contributed by atoms with Gasteiger partial charge in [0.05, 0.1) is 13.2 Å². The Labute approximate surface area is 131 Å². The summed E-state index contributed by atoms with van der Waals surface area (Å²) in [6, 6.07) is 2.07. The number of aliphatic hydroxyl groups excluding tert-OH is 1. The third-order valence-electron chi connectivity index (χ3n) is 2.90. The molecule has 4 nitrogen and oxygen atoms in total. The molecule has 1 aromatic heterocycles. The third-order valence-corrected chi connectivity index (χ3v) is 3.82. The highest BCUT2D eigenvalue weighted by atomic mass is 32.1. The Balaban J connectivity index is 2.63. The molecule has 1 aromatic rings. The van der Waals surface area contributed by atoms with E-state index in [1.165, 1.54) is 4.88 Å². The van der Waals surface area contributed by atoms with Crippen LogP contribution in [0, 0.1) is 11.8 Å². The maximum atomic E-state index is 11.8. The van der Waals surface area contributed by atoms with Crippen LogP contribution in [-0.4, -0.2) is 54.6 Å². The normalized spacial score (nSPS) is 10.3. The molecule has 0 fully saturated rings. The Kier molecular flexibility index (Phi) is 8.06. The maximum absolute atomic E-state index is 11.8. The van der Waals surface area contributed by atoms with Crippen molar-refractivity contribution in [2.24, 2.45) is 0 Å². The Bertz CT molecular complexity index is 500. The quantitative estimate of drug-likeness (QED) is 0.781. The zero-order valence-electron chi connectivity index (χ0n) is 13.1. The molecular weight excluding hydrogens is 284 g/mol. The molecule has 0 saturated carbocycles. The Hall–Kier alpha value is -1.35. The average molecular weight is 308 g/mol. The summed E-state index contributed by atoms with van der Waals surface area (Å²) >= 11 is 1.67. The van der Waals surface area contributed by atoms with Gasteiger partial charge in [-0.3, -0.25) is 9.69 Å². The van der Waals surface area contributed by atoms with Gasteiger partial charge in [0.2, 0.25) is 5.91 Å². The van der Waals surface area contributed by atoms with Gasteiger partial charge >= 0.3 is 0 Å². The van der Waals surface area contributed by atoms with Gasteiger partial charge in [-0.2, -0.15) is 0 Å². The molecule has 0 aliphatic heterocycles. The predicted molar refractivity (Wildman–Crippen MR) is 87.2 cm³/mol. The first-order valence-electron chi connectivity index (χ1n) is 7.16. The number of hydrogen-bond donors (Lipinski definition) is 1. The molecule has 0 aromatic carbocycles. The van der Waals surface area contributed by atoms with Gasteiger partial charge < -0.3 is 10.0 Å². The first kappa shape index (κ1) is 17.7. The van der Waals surface area contributed by atoms with Crippen LogP contribution in [0.5, 0.6) is 0 Å². The van der Waals surface area contributed by atoms with E-state index in [1.807, 2.05) is 5.38 Å². The van der Waals surface area contributed by atoms with E-state index in [9.17, 15) is 4.79 Å². The van der Waals surface area contributed by atoms with E-state index in [1.54, 1.807) is 30.3 Å². The second kappa shape index (κ2) is 9.56. The van der Waals surface area contributed by atoms with Gasteiger partial charge in [0.15, 0.2) is 0 Å². The number of rotatable bonds is 7. The van der Waals surface area contributed by atoms with Gasteiger partial charge in [-0.15, -0.1) is 11.3 Å². The van der Waals surface area contributed by atoms with E-state index in [-0.39, 0.29) is 12.5 Å². The van der Waals surface area contributed by atoms with Crippen molar-refractivity contribution in [3.8, 4) is 11.8 Å². The summed E-state index contributed by atoms with van der Waals surface area (Å²) in [5, 5.41) is 10.7. The van der Waals surface area contributed by atoms with E-state index in [2.05, 4.69) is 29.7 Å². The fraction of sp³-hybridized carbons (Fsp3) is 0.562.